The molecule has 0 radical (unpaired) electrons. The lowest BCUT2D eigenvalue weighted by molar-refractivity contribution is -0.0511. The van der Waals surface area contributed by atoms with Crippen molar-refractivity contribution >= 4 is 34.6 Å². The monoisotopic (exact) mass is 459 g/mol. The van der Waals surface area contributed by atoms with Gasteiger partial charge >= 0.3 is 0 Å². The third-order valence-electron chi connectivity index (χ3n) is 5.96. The first-order valence-corrected chi connectivity index (χ1v) is 11.6. The number of anilines is 2. The molecule has 5 atom stereocenters. The van der Waals surface area contributed by atoms with E-state index < -0.39 is 31.1 Å². The van der Waals surface area contributed by atoms with Gasteiger partial charge in [-0.15, -0.1) is 11.8 Å². The summed E-state index contributed by atoms with van der Waals surface area (Å²) in [5.74, 6) is 1.55. The number of nitrogens with one attached hydrogen (secondary N) is 1. The third kappa shape index (κ3) is 3.77. The Balaban J connectivity index is 1.32. The van der Waals surface area contributed by atoms with E-state index in [1.165, 1.54) is 12.7 Å². The van der Waals surface area contributed by atoms with Gasteiger partial charge in [-0.25, -0.2) is 19.9 Å². The van der Waals surface area contributed by atoms with E-state index in [2.05, 4.69) is 36.2 Å². The maximum Gasteiger partial charge on any atom is 0.167 e. The van der Waals surface area contributed by atoms with Crippen LogP contribution in [0.4, 0.5) is 11.6 Å². The largest absolute Gasteiger partial charge is 0.394 e. The lowest BCUT2D eigenvalue weighted by atomic mass is 10.1. The molecule has 2 aliphatic rings. The van der Waals surface area contributed by atoms with Gasteiger partial charge in [0.05, 0.1) is 12.9 Å². The van der Waals surface area contributed by atoms with E-state index in [0.717, 1.165) is 30.2 Å². The summed E-state index contributed by atoms with van der Waals surface area (Å²) in [6, 6.07) is 4.28. The molecule has 2 unspecified atom stereocenters. The zero-order chi connectivity index (χ0) is 22.2. The molecule has 0 spiro atoms. The van der Waals surface area contributed by atoms with E-state index in [-0.39, 0.29) is 6.04 Å². The maximum atomic E-state index is 10.4. The summed E-state index contributed by atoms with van der Waals surface area (Å²) in [5, 5.41) is 33.2. The Hall–Kier alpha value is -2.51. The van der Waals surface area contributed by atoms with Crippen LogP contribution in [0.1, 0.15) is 12.6 Å². The van der Waals surface area contributed by atoms with Crippen molar-refractivity contribution in [2.24, 2.45) is 0 Å². The molecule has 0 aliphatic carbocycles. The minimum Gasteiger partial charge on any atom is -0.394 e. The summed E-state index contributed by atoms with van der Waals surface area (Å²) in [6.45, 7) is 1.28. The van der Waals surface area contributed by atoms with Crippen molar-refractivity contribution in [3.8, 4) is 0 Å². The number of hydrogen-bond donors (Lipinski definition) is 4. The zero-order valence-electron chi connectivity index (χ0n) is 17.4. The summed E-state index contributed by atoms with van der Waals surface area (Å²) in [7, 11) is 0. The van der Waals surface area contributed by atoms with Gasteiger partial charge in [0.25, 0.3) is 0 Å². The number of hydrogen-bond acceptors (Lipinski definition) is 11. The van der Waals surface area contributed by atoms with Gasteiger partial charge in [-0.1, -0.05) is 0 Å². The molecular formula is C20H25N7O4S. The first-order valence-electron chi connectivity index (χ1n) is 10.4. The van der Waals surface area contributed by atoms with Crippen LogP contribution in [0.15, 0.2) is 35.9 Å². The van der Waals surface area contributed by atoms with E-state index in [0.29, 0.717) is 17.0 Å². The molecule has 12 heteroatoms. The average molecular weight is 460 g/mol. The second kappa shape index (κ2) is 8.79. The quantitative estimate of drug-likeness (QED) is 0.377. The van der Waals surface area contributed by atoms with Gasteiger partial charge in [-0.2, -0.15) is 0 Å². The molecule has 0 bridgehead atoms. The molecular weight excluding hydrogens is 434 g/mol. The van der Waals surface area contributed by atoms with Crippen molar-refractivity contribution < 1.29 is 20.1 Å². The van der Waals surface area contributed by atoms with Gasteiger partial charge in [0.1, 0.15) is 30.5 Å². The van der Waals surface area contributed by atoms with Gasteiger partial charge < -0.3 is 30.3 Å². The molecule has 5 rings (SSSR count). The number of nitrogens with zero attached hydrogens (tertiary/aromatic N) is 6. The maximum absolute atomic E-state index is 10.4. The minimum absolute atomic E-state index is 0.161. The molecule has 2 fully saturated rings. The number of aliphatic hydroxyl groups is 3. The summed E-state index contributed by atoms with van der Waals surface area (Å²) in [4.78, 5) is 21.0. The van der Waals surface area contributed by atoms with Crippen LogP contribution in [0.2, 0.25) is 0 Å². The molecule has 11 nitrogen and oxygen atoms in total. The Bertz CT molecular complexity index is 1080. The Kier molecular flexibility index (Phi) is 5.86. The Labute approximate surface area is 188 Å². The fourth-order valence-corrected chi connectivity index (χ4v) is 4.58. The van der Waals surface area contributed by atoms with Gasteiger partial charge in [0.2, 0.25) is 0 Å². The minimum atomic E-state index is -1.20. The molecule has 3 aromatic heterocycles. The summed E-state index contributed by atoms with van der Waals surface area (Å²) >= 11 is 1.67. The van der Waals surface area contributed by atoms with Gasteiger partial charge in [0, 0.05) is 30.2 Å². The first-order chi connectivity index (χ1) is 15.6. The smallest absolute Gasteiger partial charge is 0.167 e. The van der Waals surface area contributed by atoms with Gasteiger partial charge in [0.15, 0.2) is 23.2 Å². The van der Waals surface area contributed by atoms with Gasteiger partial charge in [-0.05, 0) is 24.8 Å². The average Bonchev–Trinajstić information content (AvgIpc) is 3.53. The number of pyridine rings is 1. The van der Waals surface area contributed by atoms with Crippen molar-refractivity contribution in [3.63, 3.8) is 0 Å². The van der Waals surface area contributed by atoms with E-state index >= 15 is 0 Å². The number of imidazole rings is 1. The predicted octanol–water partition coefficient (Wildman–Crippen LogP) is 0.245. The molecule has 32 heavy (non-hydrogen) atoms. The topological polar surface area (TPSA) is 142 Å². The molecule has 5 heterocycles. The van der Waals surface area contributed by atoms with Crippen LogP contribution < -0.4 is 10.2 Å². The van der Waals surface area contributed by atoms with Crippen molar-refractivity contribution in [2.45, 2.75) is 41.9 Å². The molecule has 2 saturated heterocycles. The number of rotatable bonds is 6. The first kappa shape index (κ1) is 21.3. The summed E-state index contributed by atoms with van der Waals surface area (Å²) in [6.07, 6.45) is 3.62. The Morgan fingerprint density at radius 2 is 2.06 bits per heavy atom. The molecule has 0 amide bonds. The molecule has 170 valence electrons. The highest BCUT2D eigenvalue weighted by Crippen LogP contribution is 2.32. The van der Waals surface area contributed by atoms with Crippen LogP contribution in [0, 0.1) is 0 Å². The van der Waals surface area contributed by atoms with Crippen molar-refractivity contribution in [3.05, 3.63) is 31.0 Å². The Morgan fingerprint density at radius 1 is 1.19 bits per heavy atom. The van der Waals surface area contributed by atoms with Crippen molar-refractivity contribution in [1.82, 2.24) is 24.5 Å². The van der Waals surface area contributed by atoms with Crippen molar-refractivity contribution in [1.29, 1.82) is 0 Å². The zero-order valence-corrected chi connectivity index (χ0v) is 18.3. The van der Waals surface area contributed by atoms with Crippen molar-refractivity contribution in [2.75, 3.05) is 36.2 Å². The van der Waals surface area contributed by atoms with E-state index in [1.54, 1.807) is 16.3 Å². The second-order valence-corrected chi connectivity index (χ2v) is 8.79. The lowest BCUT2D eigenvalue weighted by Crippen LogP contribution is -2.33. The number of ether oxygens (including phenoxy) is 1. The number of aromatic nitrogens is 5. The third-order valence-corrected chi connectivity index (χ3v) is 6.67. The van der Waals surface area contributed by atoms with Crippen LogP contribution in [-0.4, -0.2) is 90.1 Å². The SMILES string of the molecule is CSc1ccc(N2CC[C@H](Nc3ncnc4c3ncn4[C@@H]3OC(CO)C(O)[C@H]3O)C2)nc1. The van der Waals surface area contributed by atoms with Crippen LogP contribution >= 0.6 is 11.8 Å². The predicted molar refractivity (Wildman–Crippen MR) is 119 cm³/mol. The number of aliphatic hydroxyl groups excluding tert-OH is 3. The van der Waals surface area contributed by atoms with Crippen LogP contribution in [0.3, 0.4) is 0 Å². The fraction of sp³-hybridized carbons (Fsp3) is 0.500. The highest BCUT2D eigenvalue weighted by Gasteiger charge is 2.44. The summed E-state index contributed by atoms with van der Waals surface area (Å²) in [5.41, 5.74) is 1.02. The van der Waals surface area contributed by atoms with E-state index in [9.17, 15) is 15.3 Å². The lowest BCUT2D eigenvalue weighted by Gasteiger charge is -2.18. The highest BCUT2D eigenvalue weighted by molar-refractivity contribution is 7.98. The van der Waals surface area contributed by atoms with Gasteiger partial charge in [-0.3, -0.25) is 4.57 Å². The number of thioether (sulfide) groups is 1. The summed E-state index contributed by atoms with van der Waals surface area (Å²) < 4.78 is 7.18. The molecule has 0 aromatic carbocycles. The normalized spacial score (nSPS) is 28.0. The van der Waals surface area contributed by atoms with E-state index in [4.69, 9.17) is 4.74 Å². The second-order valence-electron chi connectivity index (χ2n) is 7.91. The van der Waals surface area contributed by atoms with Crippen LogP contribution in [-0.2, 0) is 4.74 Å². The van der Waals surface area contributed by atoms with Crippen LogP contribution in [0.5, 0.6) is 0 Å². The molecule has 2 aliphatic heterocycles. The molecule has 0 saturated carbocycles. The van der Waals surface area contributed by atoms with E-state index in [1.807, 2.05) is 18.5 Å². The fourth-order valence-electron chi connectivity index (χ4n) is 4.21. The molecule has 4 N–H and O–H groups in total. The van der Waals surface area contributed by atoms with Crippen LogP contribution in [0.25, 0.3) is 11.2 Å². The standard InChI is InChI=1S/C20H25N7O4S/c1-32-12-2-3-14(21-6-12)26-5-4-11(7-26)25-18-15-19(23-9-22-18)27(10-24-15)20-17(30)16(29)13(8-28)31-20/h2-3,6,9-11,13,16-17,20,28-30H,4-5,7-8H2,1H3,(H,22,23,25)/t11-,13?,16?,17+,20+/m0/s1. The molecule has 3 aromatic rings. The number of fused-ring (bicyclic) bond motifs is 1. The Morgan fingerprint density at radius 3 is 2.78 bits per heavy atom. The highest BCUT2D eigenvalue weighted by atomic mass is 32.2.